The van der Waals surface area contributed by atoms with E-state index in [1.165, 1.54) is 0 Å². The van der Waals surface area contributed by atoms with Crippen LogP contribution in [0.1, 0.15) is 15.9 Å². The summed E-state index contributed by atoms with van der Waals surface area (Å²) in [6, 6.07) is 3.90. The van der Waals surface area contributed by atoms with Gasteiger partial charge in [0, 0.05) is 11.9 Å². The summed E-state index contributed by atoms with van der Waals surface area (Å²) in [4.78, 5) is 11.4. The molecule has 1 aliphatic heterocycles. The Morgan fingerprint density at radius 3 is 3.23 bits per heavy atom. The van der Waals surface area contributed by atoms with E-state index in [0.29, 0.717) is 6.54 Å². The van der Waals surface area contributed by atoms with Crippen LogP contribution in [-0.2, 0) is 6.54 Å². The molecule has 0 saturated heterocycles. The Hall–Kier alpha value is -1.84. The van der Waals surface area contributed by atoms with Crippen LogP contribution in [0.15, 0.2) is 18.3 Å². The van der Waals surface area contributed by atoms with Gasteiger partial charge in [0.15, 0.2) is 0 Å². The predicted octanol–water partition coefficient (Wildman–Crippen LogP) is 0.806. The largest absolute Gasteiger partial charge is 0.348 e. The van der Waals surface area contributed by atoms with Crippen molar-refractivity contribution in [3.63, 3.8) is 0 Å². The number of benzene rings is 1. The zero-order chi connectivity index (χ0) is 8.84. The summed E-state index contributed by atoms with van der Waals surface area (Å²) in [6.45, 7) is 0.634. The first kappa shape index (κ1) is 6.65. The van der Waals surface area contributed by atoms with Crippen molar-refractivity contribution in [3.8, 4) is 0 Å². The molecule has 1 aromatic carbocycles. The Bertz CT molecular complexity index is 501. The highest BCUT2D eigenvalue weighted by atomic mass is 16.1. The van der Waals surface area contributed by atoms with E-state index in [9.17, 15) is 4.79 Å². The number of nitrogens with zero attached hydrogens (tertiary/aromatic N) is 1. The van der Waals surface area contributed by atoms with Crippen molar-refractivity contribution < 1.29 is 4.79 Å². The number of H-pyrrole nitrogens is 1. The van der Waals surface area contributed by atoms with Gasteiger partial charge >= 0.3 is 0 Å². The normalized spacial score (nSPS) is 14.6. The predicted molar refractivity (Wildman–Crippen MR) is 47.3 cm³/mol. The molecule has 0 fully saturated rings. The fraction of sp³-hybridized carbons (Fsp3) is 0.111. The number of nitrogens with one attached hydrogen (secondary N) is 2. The van der Waals surface area contributed by atoms with Gasteiger partial charge < -0.3 is 5.32 Å². The number of rotatable bonds is 0. The third kappa shape index (κ3) is 0.744. The topological polar surface area (TPSA) is 57.8 Å². The summed E-state index contributed by atoms with van der Waals surface area (Å²) in [5.41, 5.74) is 2.74. The molecule has 13 heavy (non-hydrogen) atoms. The number of carbonyl (C=O) groups is 1. The molecule has 1 amide bonds. The molecule has 4 nitrogen and oxygen atoms in total. The lowest BCUT2D eigenvalue weighted by Gasteiger charge is -1.95. The van der Waals surface area contributed by atoms with Crippen LogP contribution in [0.3, 0.4) is 0 Å². The highest BCUT2D eigenvalue weighted by Gasteiger charge is 2.21. The van der Waals surface area contributed by atoms with E-state index in [1.807, 2.05) is 12.1 Å². The van der Waals surface area contributed by atoms with E-state index in [1.54, 1.807) is 6.20 Å². The van der Waals surface area contributed by atoms with Gasteiger partial charge in [-0.05, 0) is 11.6 Å². The van der Waals surface area contributed by atoms with Crippen LogP contribution in [0.2, 0.25) is 0 Å². The summed E-state index contributed by atoms with van der Waals surface area (Å²) >= 11 is 0. The van der Waals surface area contributed by atoms with Crippen LogP contribution >= 0.6 is 0 Å². The fourth-order valence-corrected chi connectivity index (χ4v) is 1.74. The summed E-state index contributed by atoms with van der Waals surface area (Å²) in [6.07, 6.45) is 1.69. The average molecular weight is 173 g/mol. The summed E-state index contributed by atoms with van der Waals surface area (Å²) in [5.74, 6) is 0.00185. The third-order valence-electron chi connectivity index (χ3n) is 2.38. The van der Waals surface area contributed by atoms with Gasteiger partial charge in [0.2, 0.25) is 0 Å². The number of hydrogen-bond acceptors (Lipinski definition) is 2. The second-order valence-corrected chi connectivity index (χ2v) is 3.11. The molecule has 0 saturated carbocycles. The third-order valence-corrected chi connectivity index (χ3v) is 2.38. The minimum atomic E-state index is 0.00185. The SMILES string of the molecule is O=C1NCc2ccc3[nH]ncc3c21. The molecule has 0 bridgehead atoms. The molecule has 0 spiro atoms. The first-order valence-corrected chi connectivity index (χ1v) is 4.09. The average Bonchev–Trinajstić information content (AvgIpc) is 2.70. The molecule has 0 radical (unpaired) electrons. The van der Waals surface area contributed by atoms with E-state index >= 15 is 0 Å². The Morgan fingerprint density at radius 1 is 1.38 bits per heavy atom. The van der Waals surface area contributed by atoms with Crippen LogP contribution in [0.4, 0.5) is 0 Å². The van der Waals surface area contributed by atoms with Crippen LogP contribution in [0.5, 0.6) is 0 Å². The quantitative estimate of drug-likeness (QED) is 0.619. The maximum Gasteiger partial charge on any atom is 0.252 e. The van der Waals surface area contributed by atoms with Gasteiger partial charge in [-0.25, -0.2) is 0 Å². The van der Waals surface area contributed by atoms with Crippen molar-refractivity contribution >= 4 is 16.8 Å². The van der Waals surface area contributed by atoms with Gasteiger partial charge in [-0.2, -0.15) is 5.10 Å². The molecule has 4 heteroatoms. The Kier molecular flexibility index (Phi) is 1.07. The molecule has 0 atom stereocenters. The number of aromatic nitrogens is 2. The van der Waals surface area contributed by atoms with Gasteiger partial charge in [-0.15, -0.1) is 0 Å². The zero-order valence-corrected chi connectivity index (χ0v) is 6.79. The molecule has 0 unspecified atom stereocenters. The van der Waals surface area contributed by atoms with Crippen molar-refractivity contribution in [1.29, 1.82) is 0 Å². The smallest absolute Gasteiger partial charge is 0.252 e. The molecular weight excluding hydrogens is 166 g/mol. The summed E-state index contributed by atoms with van der Waals surface area (Å²) < 4.78 is 0. The van der Waals surface area contributed by atoms with Gasteiger partial charge in [-0.1, -0.05) is 6.07 Å². The molecule has 3 rings (SSSR count). The highest BCUT2D eigenvalue weighted by Crippen LogP contribution is 2.23. The zero-order valence-electron chi connectivity index (χ0n) is 6.79. The van der Waals surface area contributed by atoms with Crippen molar-refractivity contribution in [3.05, 3.63) is 29.5 Å². The number of fused-ring (bicyclic) bond motifs is 3. The number of amides is 1. The molecule has 2 heterocycles. The van der Waals surface area contributed by atoms with E-state index in [4.69, 9.17) is 0 Å². The lowest BCUT2D eigenvalue weighted by molar-refractivity contribution is 0.0967. The molecular formula is C9H7N3O. The van der Waals surface area contributed by atoms with Crippen LogP contribution < -0.4 is 5.32 Å². The molecule has 2 aromatic rings. The summed E-state index contributed by atoms with van der Waals surface area (Å²) in [7, 11) is 0. The van der Waals surface area contributed by atoms with E-state index < -0.39 is 0 Å². The van der Waals surface area contributed by atoms with Crippen molar-refractivity contribution in [1.82, 2.24) is 15.5 Å². The van der Waals surface area contributed by atoms with Gasteiger partial charge in [0.25, 0.3) is 5.91 Å². The van der Waals surface area contributed by atoms with Crippen molar-refractivity contribution in [2.45, 2.75) is 6.54 Å². The lowest BCUT2D eigenvalue weighted by Crippen LogP contribution is -2.12. The van der Waals surface area contributed by atoms with Gasteiger partial charge in [0.05, 0.1) is 17.3 Å². The number of aromatic amines is 1. The van der Waals surface area contributed by atoms with Crippen molar-refractivity contribution in [2.75, 3.05) is 0 Å². The minimum Gasteiger partial charge on any atom is -0.348 e. The van der Waals surface area contributed by atoms with Gasteiger partial charge in [-0.3, -0.25) is 9.89 Å². The Morgan fingerprint density at radius 2 is 2.31 bits per heavy atom. The van der Waals surface area contributed by atoms with Gasteiger partial charge in [0.1, 0.15) is 0 Å². The molecule has 1 aromatic heterocycles. The Labute approximate surface area is 73.9 Å². The van der Waals surface area contributed by atoms with E-state index in [0.717, 1.165) is 22.0 Å². The summed E-state index contributed by atoms with van der Waals surface area (Å²) in [5, 5.41) is 10.4. The molecule has 64 valence electrons. The lowest BCUT2D eigenvalue weighted by atomic mass is 10.1. The second-order valence-electron chi connectivity index (χ2n) is 3.11. The second kappa shape index (κ2) is 2.10. The number of carbonyl (C=O) groups excluding carboxylic acids is 1. The highest BCUT2D eigenvalue weighted by molar-refractivity contribution is 6.09. The maximum atomic E-state index is 11.4. The fourth-order valence-electron chi connectivity index (χ4n) is 1.74. The number of hydrogen-bond donors (Lipinski definition) is 2. The molecule has 0 aliphatic carbocycles. The molecule has 1 aliphatic rings. The van der Waals surface area contributed by atoms with Crippen LogP contribution in [-0.4, -0.2) is 16.1 Å². The van der Waals surface area contributed by atoms with Crippen LogP contribution in [0, 0.1) is 0 Å². The first-order valence-electron chi connectivity index (χ1n) is 4.09. The minimum absolute atomic E-state index is 0.00185. The first-order chi connectivity index (χ1) is 6.36. The standard InChI is InChI=1S/C9H7N3O/c13-9-8-5(3-10-9)1-2-7-6(8)4-11-12-7/h1-2,4H,3H2,(H,10,13)(H,11,12). The van der Waals surface area contributed by atoms with Crippen LogP contribution in [0.25, 0.3) is 10.9 Å². The molecule has 2 N–H and O–H groups in total. The Balaban J connectivity index is 2.49. The maximum absolute atomic E-state index is 11.4. The van der Waals surface area contributed by atoms with E-state index in [-0.39, 0.29) is 5.91 Å². The monoisotopic (exact) mass is 173 g/mol. The van der Waals surface area contributed by atoms with E-state index in [2.05, 4.69) is 15.5 Å². The van der Waals surface area contributed by atoms with Crippen molar-refractivity contribution in [2.24, 2.45) is 0 Å².